The number of fused-ring (bicyclic) bond motifs is 3. The maximum absolute atomic E-state index is 12.7. The molecule has 2 atom stereocenters. The van der Waals surface area contributed by atoms with Crippen molar-refractivity contribution < 1.29 is 9.53 Å². The van der Waals surface area contributed by atoms with Gasteiger partial charge in [0.25, 0.3) is 0 Å². The van der Waals surface area contributed by atoms with Crippen molar-refractivity contribution in [3.8, 4) is 0 Å². The number of carbonyl (C=O) groups excluding carboxylic acids is 1. The van der Waals surface area contributed by atoms with E-state index in [0.29, 0.717) is 29.8 Å². The average Bonchev–Trinajstić information content (AvgIpc) is 2.84. The molecule has 10 heteroatoms. The Balaban J connectivity index is 1.66. The van der Waals surface area contributed by atoms with Gasteiger partial charge in [0.15, 0.2) is 5.15 Å². The van der Waals surface area contributed by atoms with Gasteiger partial charge in [-0.05, 0) is 51.3 Å². The van der Waals surface area contributed by atoms with E-state index in [-0.39, 0.29) is 33.8 Å². The number of anilines is 1. The average molecular weight is 445 g/mol. The molecular formula is C18H20Cl3N5O2. The number of hydrogen-bond donors (Lipinski definition) is 0. The molecule has 150 valence electrons. The van der Waals surface area contributed by atoms with Gasteiger partial charge in [-0.3, -0.25) is 4.90 Å². The van der Waals surface area contributed by atoms with Crippen LogP contribution in [-0.4, -0.2) is 56.7 Å². The topological polar surface area (TPSA) is 71.5 Å². The smallest absolute Gasteiger partial charge is 0.410 e. The number of aromatic nitrogens is 3. The van der Waals surface area contributed by atoms with E-state index in [9.17, 15) is 4.79 Å². The summed E-state index contributed by atoms with van der Waals surface area (Å²) in [5, 5.41) is 1.23. The fraction of sp³-hybridized carbons (Fsp3) is 0.556. The third kappa shape index (κ3) is 3.67. The number of pyridine rings is 1. The van der Waals surface area contributed by atoms with E-state index >= 15 is 0 Å². The van der Waals surface area contributed by atoms with Gasteiger partial charge in [-0.15, -0.1) is 0 Å². The summed E-state index contributed by atoms with van der Waals surface area (Å²) < 4.78 is 5.60. The fourth-order valence-corrected chi connectivity index (χ4v) is 4.59. The first kappa shape index (κ1) is 19.7. The first-order chi connectivity index (χ1) is 13.1. The van der Waals surface area contributed by atoms with Gasteiger partial charge in [-0.25, -0.2) is 14.8 Å². The summed E-state index contributed by atoms with van der Waals surface area (Å²) in [6, 6.07) is 1.78. The van der Waals surface area contributed by atoms with Crippen molar-refractivity contribution in [3.05, 3.63) is 21.7 Å². The number of halogens is 3. The van der Waals surface area contributed by atoms with Gasteiger partial charge in [0.05, 0.1) is 12.1 Å². The molecule has 2 aliphatic heterocycles. The van der Waals surface area contributed by atoms with Gasteiger partial charge >= 0.3 is 6.09 Å². The Hall–Kier alpha value is -1.57. The molecule has 28 heavy (non-hydrogen) atoms. The molecule has 0 spiro atoms. The molecule has 0 aliphatic carbocycles. The molecule has 2 bridgehead atoms. The third-order valence-corrected chi connectivity index (χ3v) is 5.57. The van der Waals surface area contributed by atoms with Crippen LogP contribution in [0.4, 0.5) is 10.6 Å². The molecule has 4 heterocycles. The molecule has 1 amide bonds. The second-order valence-corrected chi connectivity index (χ2v) is 9.21. The molecule has 7 nitrogen and oxygen atoms in total. The van der Waals surface area contributed by atoms with Crippen LogP contribution in [0.2, 0.25) is 15.6 Å². The van der Waals surface area contributed by atoms with Crippen molar-refractivity contribution in [2.75, 3.05) is 18.0 Å². The summed E-state index contributed by atoms with van der Waals surface area (Å²) >= 11 is 18.4. The van der Waals surface area contributed by atoms with Crippen molar-refractivity contribution in [1.29, 1.82) is 0 Å². The van der Waals surface area contributed by atoms with Gasteiger partial charge in [0.2, 0.25) is 5.28 Å². The highest BCUT2D eigenvalue weighted by Gasteiger charge is 2.45. The second kappa shape index (κ2) is 7.04. The SMILES string of the molecule is CC(C)(C)OC(=O)N1C2CCC1CN(c1nc(Cl)nc3c(Cl)nc(Cl)cc13)C2. The van der Waals surface area contributed by atoms with E-state index in [4.69, 9.17) is 39.5 Å². The molecule has 2 unspecified atom stereocenters. The molecule has 0 N–H and O–H groups in total. The zero-order valence-electron chi connectivity index (χ0n) is 15.7. The zero-order chi connectivity index (χ0) is 20.2. The largest absolute Gasteiger partial charge is 0.444 e. The predicted molar refractivity (Wildman–Crippen MR) is 109 cm³/mol. The molecule has 2 fully saturated rings. The van der Waals surface area contributed by atoms with Gasteiger partial charge in [0.1, 0.15) is 22.1 Å². The number of amides is 1. The Bertz CT molecular complexity index is 935. The van der Waals surface area contributed by atoms with Crippen molar-refractivity contribution in [1.82, 2.24) is 19.9 Å². The van der Waals surface area contributed by atoms with Crippen LogP contribution in [0.1, 0.15) is 33.6 Å². The Kier molecular flexibility index (Phi) is 4.96. The van der Waals surface area contributed by atoms with Gasteiger partial charge in [0, 0.05) is 18.5 Å². The molecule has 4 rings (SSSR count). The van der Waals surface area contributed by atoms with Crippen LogP contribution in [0, 0.1) is 0 Å². The quantitative estimate of drug-likeness (QED) is 0.474. The van der Waals surface area contributed by atoms with Crippen LogP contribution in [0.3, 0.4) is 0 Å². The summed E-state index contributed by atoms with van der Waals surface area (Å²) in [4.78, 5) is 29.3. The standard InChI is InChI=1S/C18H20Cl3N5O2/c1-18(2,3)28-17(27)26-9-4-5-10(26)8-25(7-9)15-11-6-12(19)22-14(20)13(11)23-16(21)24-15/h6,9-10H,4-5,7-8H2,1-3H3. The van der Waals surface area contributed by atoms with Crippen LogP contribution in [0.25, 0.3) is 10.9 Å². The van der Waals surface area contributed by atoms with E-state index in [2.05, 4.69) is 19.9 Å². The highest BCUT2D eigenvalue weighted by molar-refractivity contribution is 6.37. The molecule has 2 aliphatic rings. The molecule has 2 aromatic heterocycles. The van der Waals surface area contributed by atoms with Gasteiger partial charge in [-0.2, -0.15) is 4.98 Å². The normalized spacial score (nSPS) is 22.1. The summed E-state index contributed by atoms with van der Waals surface area (Å²) in [6.07, 6.45) is 1.57. The fourth-order valence-electron chi connectivity index (χ4n) is 3.95. The van der Waals surface area contributed by atoms with Crippen molar-refractivity contribution >= 4 is 57.6 Å². The van der Waals surface area contributed by atoms with Crippen LogP contribution < -0.4 is 4.90 Å². The zero-order valence-corrected chi connectivity index (χ0v) is 18.0. The number of ether oxygens (including phenoxy) is 1. The lowest BCUT2D eigenvalue weighted by Gasteiger charge is -2.42. The van der Waals surface area contributed by atoms with Crippen LogP contribution >= 0.6 is 34.8 Å². The van der Waals surface area contributed by atoms with E-state index in [1.54, 1.807) is 6.07 Å². The maximum atomic E-state index is 12.7. The first-order valence-electron chi connectivity index (χ1n) is 9.08. The lowest BCUT2D eigenvalue weighted by Crippen LogP contribution is -2.57. The number of piperazine rings is 1. The monoisotopic (exact) mass is 443 g/mol. The first-order valence-corrected chi connectivity index (χ1v) is 10.2. The molecule has 0 aromatic carbocycles. The summed E-state index contributed by atoms with van der Waals surface area (Å²) in [5.74, 6) is 0.655. The Labute approximate surface area is 177 Å². The van der Waals surface area contributed by atoms with Gasteiger partial charge < -0.3 is 9.64 Å². The number of rotatable bonds is 1. The van der Waals surface area contributed by atoms with Crippen LogP contribution in [0.5, 0.6) is 0 Å². The van der Waals surface area contributed by atoms with Crippen LogP contribution in [-0.2, 0) is 4.74 Å². The predicted octanol–water partition coefficient (Wildman–Crippen LogP) is 4.57. The lowest BCUT2D eigenvalue weighted by molar-refractivity contribution is 0.0123. The van der Waals surface area contributed by atoms with E-state index in [1.807, 2.05) is 25.7 Å². The Morgan fingerprint density at radius 3 is 2.36 bits per heavy atom. The van der Waals surface area contributed by atoms with E-state index < -0.39 is 5.60 Å². The summed E-state index contributed by atoms with van der Waals surface area (Å²) in [5.41, 5.74) is -0.0622. The number of carbonyl (C=O) groups is 1. The van der Waals surface area contributed by atoms with Crippen molar-refractivity contribution in [2.45, 2.75) is 51.3 Å². The molecule has 0 saturated carbocycles. The second-order valence-electron chi connectivity index (χ2n) is 8.13. The van der Waals surface area contributed by atoms with Crippen molar-refractivity contribution in [2.24, 2.45) is 0 Å². The maximum Gasteiger partial charge on any atom is 0.410 e. The van der Waals surface area contributed by atoms with E-state index in [0.717, 1.165) is 12.8 Å². The van der Waals surface area contributed by atoms with Gasteiger partial charge in [-0.1, -0.05) is 23.2 Å². The highest BCUT2D eigenvalue weighted by atomic mass is 35.5. The van der Waals surface area contributed by atoms with E-state index in [1.165, 1.54) is 0 Å². The number of nitrogens with zero attached hydrogens (tertiary/aromatic N) is 5. The summed E-state index contributed by atoms with van der Waals surface area (Å²) in [6.45, 7) is 6.87. The highest BCUT2D eigenvalue weighted by Crippen LogP contribution is 2.37. The molecule has 2 aromatic rings. The minimum atomic E-state index is -0.523. The lowest BCUT2D eigenvalue weighted by atomic mass is 10.1. The third-order valence-electron chi connectivity index (χ3n) is 4.95. The Morgan fingerprint density at radius 2 is 1.75 bits per heavy atom. The van der Waals surface area contributed by atoms with Crippen molar-refractivity contribution in [3.63, 3.8) is 0 Å². The molecular weight excluding hydrogens is 425 g/mol. The number of hydrogen-bond acceptors (Lipinski definition) is 6. The molecule has 2 saturated heterocycles. The Morgan fingerprint density at radius 1 is 1.11 bits per heavy atom. The van der Waals surface area contributed by atoms with Crippen LogP contribution in [0.15, 0.2) is 6.07 Å². The summed E-state index contributed by atoms with van der Waals surface area (Å²) in [7, 11) is 0. The minimum absolute atomic E-state index is 0.0465. The molecule has 0 radical (unpaired) electrons. The minimum Gasteiger partial charge on any atom is -0.444 e.